The summed E-state index contributed by atoms with van der Waals surface area (Å²) >= 11 is 0. The lowest BCUT2D eigenvalue weighted by atomic mass is 10.1. The van der Waals surface area contributed by atoms with Gasteiger partial charge in [-0.25, -0.2) is 9.59 Å². The molecule has 1 aromatic carbocycles. The van der Waals surface area contributed by atoms with Crippen LogP contribution < -0.4 is 10.6 Å². The summed E-state index contributed by atoms with van der Waals surface area (Å²) < 4.78 is 5.09. The number of amides is 2. The van der Waals surface area contributed by atoms with Crippen LogP contribution in [-0.2, 0) is 6.54 Å². The van der Waals surface area contributed by atoms with Gasteiger partial charge in [-0.1, -0.05) is 0 Å². The molecule has 104 valence electrons. The predicted octanol–water partition coefficient (Wildman–Crippen LogP) is 2.61. The first-order valence-electron chi connectivity index (χ1n) is 5.97. The molecule has 0 saturated heterocycles. The second-order valence-electron chi connectivity index (χ2n) is 4.22. The number of nitrogens with one attached hydrogen (secondary N) is 2. The van der Waals surface area contributed by atoms with E-state index in [0.29, 0.717) is 17.0 Å². The molecule has 0 aliphatic rings. The van der Waals surface area contributed by atoms with Crippen molar-refractivity contribution in [3.8, 4) is 0 Å². The van der Waals surface area contributed by atoms with E-state index in [1.807, 2.05) is 0 Å². The highest BCUT2D eigenvalue weighted by molar-refractivity contribution is 5.92. The summed E-state index contributed by atoms with van der Waals surface area (Å²) in [5.74, 6) is -0.339. The van der Waals surface area contributed by atoms with E-state index in [4.69, 9.17) is 9.52 Å². The second-order valence-corrected chi connectivity index (χ2v) is 4.22. The maximum Gasteiger partial charge on any atom is 0.335 e. The quantitative estimate of drug-likeness (QED) is 0.799. The normalized spacial score (nSPS) is 10.1. The van der Waals surface area contributed by atoms with Crippen LogP contribution in [0.5, 0.6) is 0 Å². The number of aromatic carboxylic acids is 1. The number of rotatable bonds is 4. The van der Waals surface area contributed by atoms with Gasteiger partial charge in [-0.05, 0) is 42.8 Å². The van der Waals surface area contributed by atoms with E-state index in [1.54, 1.807) is 31.2 Å². The molecule has 2 rings (SSSR count). The largest absolute Gasteiger partial charge is 0.478 e. The Hall–Kier alpha value is -2.76. The Labute approximate surface area is 115 Å². The van der Waals surface area contributed by atoms with Crippen molar-refractivity contribution in [2.24, 2.45) is 0 Å². The minimum atomic E-state index is -0.990. The molecule has 0 aliphatic carbocycles. The molecule has 0 saturated carbocycles. The Bertz CT molecular complexity index is 620. The zero-order chi connectivity index (χ0) is 14.5. The fourth-order valence-electron chi connectivity index (χ4n) is 1.74. The summed E-state index contributed by atoms with van der Waals surface area (Å²) in [7, 11) is 0. The third-order valence-electron chi connectivity index (χ3n) is 2.72. The molecule has 6 heteroatoms. The average molecular weight is 274 g/mol. The van der Waals surface area contributed by atoms with Crippen molar-refractivity contribution in [1.29, 1.82) is 0 Å². The van der Waals surface area contributed by atoms with Gasteiger partial charge in [-0.3, -0.25) is 0 Å². The van der Waals surface area contributed by atoms with Crippen molar-refractivity contribution in [3.63, 3.8) is 0 Å². The maximum absolute atomic E-state index is 11.7. The van der Waals surface area contributed by atoms with Crippen molar-refractivity contribution in [2.45, 2.75) is 13.5 Å². The van der Waals surface area contributed by atoms with Crippen molar-refractivity contribution in [3.05, 3.63) is 53.5 Å². The van der Waals surface area contributed by atoms with E-state index < -0.39 is 5.97 Å². The molecule has 20 heavy (non-hydrogen) atoms. The Balaban J connectivity index is 1.94. The minimum absolute atomic E-state index is 0.214. The third-order valence-corrected chi connectivity index (χ3v) is 2.72. The number of carbonyl (C=O) groups excluding carboxylic acids is 1. The molecular weight excluding hydrogens is 260 g/mol. The summed E-state index contributed by atoms with van der Waals surface area (Å²) in [5.41, 5.74) is 1.33. The Morgan fingerprint density at radius 3 is 2.70 bits per heavy atom. The van der Waals surface area contributed by atoms with Crippen molar-refractivity contribution in [1.82, 2.24) is 5.32 Å². The zero-order valence-corrected chi connectivity index (χ0v) is 10.8. The third kappa shape index (κ3) is 3.38. The van der Waals surface area contributed by atoms with Crippen molar-refractivity contribution in [2.75, 3.05) is 5.32 Å². The van der Waals surface area contributed by atoms with Crippen molar-refractivity contribution < 1.29 is 19.1 Å². The summed E-state index contributed by atoms with van der Waals surface area (Å²) in [5, 5.41) is 14.2. The van der Waals surface area contributed by atoms with Crippen LogP contribution in [0, 0.1) is 6.92 Å². The van der Waals surface area contributed by atoms with Crippen LogP contribution in [0.3, 0.4) is 0 Å². The molecule has 0 aliphatic heterocycles. The summed E-state index contributed by atoms with van der Waals surface area (Å²) in [6, 6.07) is 7.72. The fraction of sp³-hybridized carbons (Fsp3) is 0.143. The number of carboxylic acid groups (broad SMARTS) is 1. The van der Waals surface area contributed by atoms with Gasteiger partial charge in [-0.15, -0.1) is 0 Å². The summed E-state index contributed by atoms with van der Waals surface area (Å²) in [6.45, 7) is 1.96. The van der Waals surface area contributed by atoms with E-state index in [9.17, 15) is 9.59 Å². The number of furan rings is 1. The molecule has 2 amide bonds. The molecule has 6 nitrogen and oxygen atoms in total. The van der Waals surface area contributed by atoms with Gasteiger partial charge < -0.3 is 20.2 Å². The monoisotopic (exact) mass is 274 g/mol. The summed E-state index contributed by atoms with van der Waals surface area (Å²) in [4.78, 5) is 22.5. The van der Waals surface area contributed by atoms with Gasteiger partial charge in [0.2, 0.25) is 0 Å². The first-order valence-corrected chi connectivity index (χ1v) is 5.97. The van der Waals surface area contributed by atoms with Gasteiger partial charge in [-0.2, -0.15) is 0 Å². The molecule has 0 spiro atoms. The van der Waals surface area contributed by atoms with Crippen LogP contribution in [-0.4, -0.2) is 17.1 Å². The van der Waals surface area contributed by atoms with Crippen LogP contribution in [0.2, 0.25) is 0 Å². The molecule has 2 aromatic rings. The molecule has 0 bridgehead atoms. The fourth-order valence-corrected chi connectivity index (χ4v) is 1.74. The number of anilines is 1. The van der Waals surface area contributed by atoms with Crippen LogP contribution in [0.4, 0.5) is 10.5 Å². The minimum Gasteiger partial charge on any atom is -0.478 e. The number of urea groups is 1. The Morgan fingerprint density at radius 1 is 1.30 bits per heavy atom. The maximum atomic E-state index is 11.7. The van der Waals surface area contributed by atoms with E-state index in [2.05, 4.69) is 10.6 Å². The van der Waals surface area contributed by atoms with E-state index in [1.165, 1.54) is 12.3 Å². The second kappa shape index (κ2) is 5.92. The standard InChI is InChI=1S/C14H14N2O4/c1-9-7-10(4-5-12(9)13(17)18)16-14(19)15-8-11-3-2-6-20-11/h2-7H,8H2,1H3,(H,17,18)(H2,15,16,19). The van der Waals surface area contributed by atoms with Gasteiger partial charge in [0.25, 0.3) is 0 Å². The predicted molar refractivity (Wildman–Crippen MR) is 72.7 cm³/mol. The highest BCUT2D eigenvalue weighted by Crippen LogP contribution is 2.15. The van der Waals surface area contributed by atoms with Gasteiger partial charge in [0.1, 0.15) is 5.76 Å². The zero-order valence-electron chi connectivity index (χ0n) is 10.8. The highest BCUT2D eigenvalue weighted by Gasteiger charge is 2.08. The number of hydrogen-bond donors (Lipinski definition) is 3. The first kappa shape index (κ1) is 13.7. The smallest absolute Gasteiger partial charge is 0.335 e. The molecule has 1 heterocycles. The lowest BCUT2D eigenvalue weighted by Gasteiger charge is -2.08. The Kier molecular flexibility index (Phi) is 4.05. The van der Waals surface area contributed by atoms with E-state index in [-0.39, 0.29) is 18.1 Å². The van der Waals surface area contributed by atoms with Crippen LogP contribution >= 0.6 is 0 Å². The summed E-state index contributed by atoms with van der Waals surface area (Å²) in [6.07, 6.45) is 1.53. The molecule has 0 fully saturated rings. The molecule has 3 N–H and O–H groups in total. The van der Waals surface area contributed by atoms with Crippen molar-refractivity contribution >= 4 is 17.7 Å². The number of benzene rings is 1. The average Bonchev–Trinajstić information content (AvgIpc) is 2.89. The van der Waals surface area contributed by atoms with E-state index in [0.717, 1.165) is 0 Å². The molecular formula is C14H14N2O4. The van der Waals surface area contributed by atoms with Crippen LogP contribution in [0.25, 0.3) is 0 Å². The Morgan fingerprint density at radius 2 is 2.10 bits per heavy atom. The van der Waals surface area contributed by atoms with Gasteiger partial charge >= 0.3 is 12.0 Å². The van der Waals surface area contributed by atoms with Gasteiger partial charge in [0.05, 0.1) is 18.4 Å². The molecule has 0 unspecified atom stereocenters. The first-order chi connectivity index (χ1) is 9.56. The number of hydrogen-bond acceptors (Lipinski definition) is 3. The van der Waals surface area contributed by atoms with Gasteiger partial charge in [0.15, 0.2) is 0 Å². The van der Waals surface area contributed by atoms with E-state index >= 15 is 0 Å². The molecule has 0 radical (unpaired) electrons. The number of carboxylic acids is 1. The topological polar surface area (TPSA) is 91.6 Å². The molecule has 0 atom stereocenters. The number of aryl methyl sites for hydroxylation is 1. The van der Waals surface area contributed by atoms with Gasteiger partial charge in [0, 0.05) is 5.69 Å². The highest BCUT2D eigenvalue weighted by atomic mass is 16.4. The van der Waals surface area contributed by atoms with Crippen LogP contribution in [0.15, 0.2) is 41.0 Å². The SMILES string of the molecule is Cc1cc(NC(=O)NCc2ccco2)ccc1C(=O)O. The lowest BCUT2D eigenvalue weighted by molar-refractivity contribution is 0.0696. The number of carbonyl (C=O) groups is 2. The molecule has 1 aromatic heterocycles. The lowest BCUT2D eigenvalue weighted by Crippen LogP contribution is -2.28. The van der Waals surface area contributed by atoms with Crippen LogP contribution in [0.1, 0.15) is 21.7 Å².